The third-order valence-electron chi connectivity index (χ3n) is 0.263. The van der Waals surface area contributed by atoms with E-state index in [4.69, 9.17) is 5.02 Å². The van der Waals surface area contributed by atoms with Gasteiger partial charge in [-0.05, 0) is 6.82 Å². The monoisotopic (exact) mass is 200 g/mol. The maximum absolute atomic E-state index is 8.37. The van der Waals surface area contributed by atoms with E-state index < -0.39 is 7.05 Å². The van der Waals surface area contributed by atoms with Crippen molar-refractivity contribution in [3.8, 4) is 0 Å². The lowest BCUT2D eigenvalue weighted by atomic mass is 9.91. The average molecular weight is 200 g/mol. The molecular formula is CH6BIN2O. The molecule has 3 N–H and O–H groups in total. The Labute approximate surface area is 51.1 Å². The molecule has 0 saturated carbocycles. The van der Waals surface area contributed by atoms with Crippen molar-refractivity contribution in [1.29, 1.82) is 0 Å². The predicted molar refractivity (Wildman–Crippen MR) is 34.1 cm³/mol. The van der Waals surface area contributed by atoms with Crippen LogP contribution in [0.25, 0.3) is 0 Å². The summed E-state index contributed by atoms with van der Waals surface area (Å²) in [6.45, 7) is 1.63. The first-order chi connectivity index (χ1) is 2.77. The summed E-state index contributed by atoms with van der Waals surface area (Å²) in [5, 5.41) is 10.9. The summed E-state index contributed by atoms with van der Waals surface area (Å²) in [6.07, 6.45) is 0. The van der Waals surface area contributed by atoms with E-state index in [2.05, 4.69) is 8.98 Å². The van der Waals surface area contributed by atoms with E-state index in [1.165, 1.54) is 0 Å². The zero-order chi connectivity index (χ0) is 4.99. The highest BCUT2D eigenvalue weighted by Crippen LogP contribution is 1.62. The molecule has 0 aliphatic heterocycles. The molecule has 0 atom stereocenters. The van der Waals surface area contributed by atoms with E-state index in [9.17, 15) is 0 Å². The van der Waals surface area contributed by atoms with Gasteiger partial charge in [0.15, 0.2) is 0 Å². The van der Waals surface area contributed by atoms with Crippen LogP contribution in [0, 0.1) is 0 Å². The van der Waals surface area contributed by atoms with Crippen molar-refractivity contribution in [2.45, 2.75) is 6.82 Å². The van der Waals surface area contributed by atoms with E-state index >= 15 is 0 Å². The van der Waals surface area contributed by atoms with Crippen LogP contribution < -0.4 is 8.98 Å². The fraction of sp³-hybridized carbons (Fsp3) is 1.00. The van der Waals surface area contributed by atoms with Crippen molar-refractivity contribution in [3.05, 3.63) is 0 Å². The summed E-state index contributed by atoms with van der Waals surface area (Å²) in [5.74, 6) is 0. The molecule has 36 valence electrons. The fourth-order valence-corrected chi connectivity index (χ4v) is 0.530. The number of halogens is 1. The van der Waals surface area contributed by atoms with Crippen LogP contribution in [0.3, 0.4) is 0 Å². The smallest absolute Gasteiger partial charge is 0.388 e. The Morgan fingerprint density at radius 1 is 1.83 bits per heavy atom. The second kappa shape index (κ2) is 3.85. The maximum atomic E-state index is 8.37. The minimum atomic E-state index is -0.470. The molecule has 5 heteroatoms. The van der Waals surface area contributed by atoms with Crippen molar-refractivity contribution < 1.29 is 5.02 Å². The molecule has 0 radical (unpaired) electrons. The molecule has 6 heavy (non-hydrogen) atoms. The third kappa shape index (κ3) is 4.67. The maximum Gasteiger partial charge on any atom is 0.388 e. The molecule has 0 aromatic heterocycles. The second-order valence-corrected chi connectivity index (χ2v) is 1.45. The highest BCUT2D eigenvalue weighted by molar-refractivity contribution is 14.1. The quantitative estimate of drug-likeness (QED) is 0.244. The van der Waals surface area contributed by atoms with Gasteiger partial charge in [-0.2, -0.15) is 0 Å². The van der Waals surface area contributed by atoms with Crippen molar-refractivity contribution in [3.63, 3.8) is 0 Å². The van der Waals surface area contributed by atoms with Gasteiger partial charge >= 0.3 is 7.05 Å². The first kappa shape index (κ1) is 6.67. The zero-order valence-corrected chi connectivity index (χ0v) is 5.56. The Hall–Kier alpha value is 0.675. The average Bonchev–Trinajstić information content (AvgIpc) is 1.35. The van der Waals surface area contributed by atoms with Crippen molar-refractivity contribution in [2.24, 2.45) is 0 Å². The van der Waals surface area contributed by atoms with Crippen LogP contribution in [0.4, 0.5) is 0 Å². The van der Waals surface area contributed by atoms with E-state index in [0.29, 0.717) is 0 Å². The molecule has 0 aliphatic carbocycles. The number of hydrazine groups is 1. The molecule has 0 spiro atoms. The van der Waals surface area contributed by atoms with Crippen LogP contribution in [0.15, 0.2) is 0 Å². The summed E-state index contributed by atoms with van der Waals surface area (Å²) in [5.41, 5.74) is 0. The van der Waals surface area contributed by atoms with Gasteiger partial charge < -0.3 is 5.02 Å². The molecule has 0 saturated heterocycles. The molecule has 0 heterocycles. The van der Waals surface area contributed by atoms with Crippen molar-refractivity contribution in [2.75, 3.05) is 0 Å². The van der Waals surface area contributed by atoms with E-state index in [1.807, 2.05) is 22.9 Å². The number of rotatable bonds is 2. The van der Waals surface area contributed by atoms with Gasteiger partial charge in [-0.3, -0.25) is 5.34 Å². The molecule has 0 aliphatic rings. The standard InChI is InChI=1S/CH6BIN2O/c1-2(6)4-5-3/h4-6H,1H3. The summed E-state index contributed by atoms with van der Waals surface area (Å²) in [6, 6.07) is 0. The molecule has 0 aromatic rings. The third-order valence-corrected chi connectivity index (χ3v) is 0.575. The number of hydrogen-bond donors (Lipinski definition) is 3. The SMILES string of the molecule is CB(O)NNI. The largest absolute Gasteiger partial charge is 0.437 e. The Morgan fingerprint density at radius 2 is 2.33 bits per heavy atom. The number of hydrogen-bond acceptors (Lipinski definition) is 3. The van der Waals surface area contributed by atoms with Crippen LogP contribution >= 0.6 is 22.9 Å². The normalized spacial score (nSPS) is 8.50. The molecule has 3 nitrogen and oxygen atoms in total. The highest BCUT2D eigenvalue weighted by Gasteiger charge is 1.94. The zero-order valence-electron chi connectivity index (χ0n) is 3.40. The molecule has 0 rings (SSSR count). The van der Waals surface area contributed by atoms with E-state index in [0.717, 1.165) is 0 Å². The minimum Gasteiger partial charge on any atom is -0.437 e. The second-order valence-electron chi connectivity index (χ2n) is 0.915. The molecule has 0 amide bonds. The Kier molecular flexibility index (Phi) is 4.28. The topological polar surface area (TPSA) is 44.3 Å². The van der Waals surface area contributed by atoms with Crippen molar-refractivity contribution in [1.82, 2.24) is 8.98 Å². The number of nitrogens with one attached hydrogen (secondary N) is 2. The van der Waals surface area contributed by atoms with Crippen LogP contribution in [0.5, 0.6) is 0 Å². The van der Waals surface area contributed by atoms with Gasteiger partial charge in [-0.15, -0.1) is 0 Å². The summed E-state index contributed by atoms with van der Waals surface area (Å²) < 4.78 is 2.54. The first-order valence-electron chi connectivity index (χ1n) is 1.56. The van der Waals surface area contributed by atoms with Gasteiger partial charge in [-0.1, -0.05) is 0 Å². The Balaban J connectivity index is 2.63. The minimum absolute atomic E-state index is 0.470. The Morgan fingerprint density at radius 3 is 2.33 bits per heavy atom. The lowest BCUT2D eigenvalue weighted by molar-refractivity contribution is 0.554. The van der Waals surface area contributed by atoms with Gasteiger partial charge in [0, 0.05) is 22.9 Å². The first-order valence-corrected chi connectivity index (χ1v) is 2.64. The van der Waals surface area contributed by atoms with Gasteiger partial charge in [0.05, 0.1) is 0 Å². The fourth-order valence-electron chi connectivity index (χ4n) is 0.0790. The van der Waals surface area contributed by atoms with E-state index in [-0.39, 0.29) is 0 Å². The lowest BCUT2D eigenvalue weighted by Crippen LogP contribution is -2.36. The Bertz CT molecular complexity index is 34.7. The van der Waals surface area contributed by atoms with Crippen molar-refractivity contribution >= 4 is 29.9 Å². The van der Waals surface area contributed by atoms with Crippen LogP contribution in [-0.2, 0) is 0 Å². The predicted octanol–water partition coefficient (Wildman–Crippen LogP) is -0.459. The molecule has 0 aromatic carbocycles. The summed E-state index contributed by atoms with van der Waals surface area (Å²) in [4.78, 5) is 0. The van der Waals surface area contributed by atoms with E-state index in [1.54, 1.807) is 6.82 Å². The van der Waals surface area contributed by atoms with Crippen LogP contribution in [0.1, 0.15) is 0 Å². The molecule has 0 unspecified atom stereocenters. The van der Waals surface area contributed by atoms with Gasteiger partial charge in [0.2, 0.25) is 0 Å². The van der Waals surface area contributed by atoms with Gasteiger partial charge in [-0.25, -0.2) is 3.64 Å². The molecule has 0 bridgehead atoms. The van der Waals surface area contributed by atoms with Gasteiger partial charge in [0.1, 0.15) is 0 Å². The molecular weight excluding hydrogens is 194 g/mol. The van der Waals surface area contributed by atoms with Crippen LogP contribution in [-0.4, -0.2) is 12.1 Å². The van der Waals surface area contributed by atoms with Gasteiger partial charge in [0.25, 0.3) is 0 Å². The van der Waals surface area contributed by atoms with Crippen LogP contribution in [0.2, 0.25) is 6.82 Å². The summed E-state index contributed by atoms with van der Waals surface area (Å²) in [7, 11) is -0.470. The molecule has 0 fully saturated rings. The lowest BCUT2D eigenvalue weighted by Gasteiger charge is -1.94. The summed E-state index contributed by atoms with van der Waals surface area (Å²) >= 11 is 1.88. The highest BCUT2D eigenvalue weighted by atomic mass is 127.